The lowest BCUT2D eigenvalue weighted by molar-refractivity contribution is -0.227. The molecule has 3 nitrogen and oxygen atoms in total. The minimum atomic E-state index is -6.57. The quantitative estimate of drug-likeness (QED) is 0.286. The van der Waals surface area contributed by atoms with Gasteiger partial charge in [0.15, 0.2) is 0 Å². The molecule has 0 saturated heterocycles. The van der Waals surface area contributed by atoms with E-state index in [-0.39, 0.29) is 0 Å². The van der Waals surface area contributed by atoms with Gasteiger partial charge in [-0.2, -0.15) is 26.0 Å². The minimum Gasteiger partial charge on any atom is -0.281 e. The van der Waals surface area contributed by atoms with Gasteiger partial charge in [0.25, 0.3) is 0 Å². The van der Waals surface area contributed by atoms with E-state index in [4.69, 9.17) is 4.55 Å². The summed E-state index contributed by atoms with van der Waals surface area (Å²) in [6.45, 7) is 2.14. The summed E-state index contributed by atoms with van der Waals surface area (Å²) in [5, 5.41) is -1.99. The smallest absolute Gasteiger partial charge is 0.281 e. The van der Waals surface area contributed by atoms with Crippen molar-refractivity contribution in [1.29, 1.82) is 0 Å². The Bertz CT molecular complexity index is 1090. The standard InChI is InChI=1S/C19H17P.C3H2F6O3S/c1-16-12-14-19(15-13-16)20(17-8-4-2-5-9-17)18-10-6-3-7-11-18;4-1(5)2(6,7)3(8,9)13(10,11)12/h2-15H,1H3;1H,(H,10,11,12). The molecule has 0 amide bonds. The van der Waals surface area contributed by atoms with Gasteiger partial charge in [0, 0.05) is 0 Å². The number of rotatable bonds is 6. The Morgan fingerprint density at radius 1 is 0.727 bits per heavy atom. The number of hydrogen-bond acceptors (Lipinski definition) is 2. The highest BCUT2D eigenvalue weighted by atomic mass is 32.2. The lowest BCUT2D eigenvalue weighted by Crippen LogP contribution is -2.51. The van der Waals surface area contributed by atoms with Crippen LogP contribution in [-0.4, -0.2) is 30.6 Å². The second-order valence-corrected chi connectivity index (χ2v) is 10.4. The van der Waals surface area contributed by atoms with Crippen LogP contribution < -0.4 is 15.9 Å². The van der Waals surface area contributed by atoms with E-state index in [9.17, 15) is 34.8 Å². The van der Waals surface area contributed by atoms with Crippen LogP contribution in [0.5, 0.6) is 0 Å². The zero-order valence-corrected chi connectivity index (χ0v) is 18.8. The molecular formula is C22H19F6O3PS. The van der Waals surface area contributed by atoms with E-state index >= 15 is 0 Å². The molecule has 33 heavy (non-hydrogen) atoms. The topological polar surface area (TPSA) is 54.4 Å². The van der Waals surface area contributed by atoms with E-state index in [1.165, 1.54) is 21.5 Å². The van der Waals surface area contributed by atoms with Crippen LogP contribution in [0.1, 0.15) is 5.56 Å². The summed E-state index contributed by atoms with van der Waals surface area (Å²) in [5.41, 5.74) is 1.31. The van der Waals surface area contributed by atoms with Gasteiger partial charge in [-0.25, -0.2) is 8.78 Å². The Hall–Kier alpha value is -2.42. The maximum Gasteiger partial charge on any atom is 0.437 e. The lowest BCUT2D eigenvalue weighted by atomic mass is 10.2. The molecule has 0 saturated carbocycles. The molecule has 0 fully saturated rings. The number of halogens is 6. The first-order valence-corrected chi connectivity index (χ1v) is 12.0. The van der Waals surface area contributed by atoms with E-state index in [1.54, 1.807) is 0 Å². The van der Waals surface area contributed by atoms with Gasteiger partial charge < -0.3 is 0 Å². The van der Waals surface area contributed by atoms with Crippen LogP contribution in [-0.2, 0) is 10.1 Å². The average molecular weight is 508 g/mol. The van der Waals surface area contributed by atoms with Crippen molar-refractivity contribution < 1.29 is 39.3 Å². The van der Waals surface area contributed by atoms with Gasteiger partial charge in [0.1, 0.15) is 0 Å². The fraction of sp³-hybridized carbons (Fsp3) is 0.182. The molecule has 0 bridgehead atoms. The molecule has 3 aromatic rings. The summed E-state index contributed by atoms with van der Waals surface area (Å²) in [4.78, 5) is 0. The summed E-state index contributed by atoms with van der Waals surface area (Å²) in [6.07, 6.45) is -4.90. The number of aryl methyl sites for hydroxylation is 1. The molecule has 0 aliphatic carbocycles. The van der Waals surface area contributed by atoms with Gasteiger partial charge in [-0.05, 0) is 30.8 Å². The third-order valence-electron chi connectivity index (χ3n) is 4.31. The summed E-state index contributed by atoms with van der Waals surface area (Å²) >= 11 is 0. The van der Waals surface area contributed by atoms with Gasteiger partial charge in [-0.3, -0.25) is 4.55 Å². The first-order valence-electron chi connectivity index (χ1n) is 9.26. The van der Waals surface area contributed by atoms with E-state index in [2.05, 4.69) is 91.9 Å². The van der Waals surface area contributed by atoms with Crippen LogP contribution in [0.2, 0.25) is 0 Å². The minimum absolute atomic E-state index is 0.458. The van der Waals surface area contributed by atoms with Gasteiger partial charge in [0.2, 0.25) is 0 Å². The lowest BCUT2D eigenvalue weighted by Gasteiger charge is -2.22. The highest BCUT2D eigenvalue weighted by Crippen LogP contribution is 2.42. The van der Waals surface area contributed by atoms with E-state index in [0.717, 1.165) is 0 Å². The largest absolute Gasteiger partial charge is 0.437 e. The molecule has 0 unspecified atom stereocenters. The second-order valence-electron chi connectivity index (χ2n) is 6.76. The van der Waals surface area contributed by atoms with Crippen LogP contribution in [0.25, 0.3) is 0 Å². The fourth-order valence-corrected chi connectivity index (χ4v) is 5.31. The predicted molar refractivity (Wildman–Crippen MR) is 117 cm³/mol. The molecule has 0 atom stereocenters. The van der Waals surface area contributed by atoms with Gasteiger partial charge in [0.05, 0.1) is 0 Å². The molecule has 0 aliphatic heterocycles. The molecule has 3 rings (SSSR count). The average Bonchev–Trinajstić information content (AvgIpc) is 2.76. The van der Waals surface area contributed by atoms with Crippen LogP contribution in [0.3, 0.4) is 0 Å². The van der Waals surface area contributed by atoms with Crippen molar-refractivity contribution in [1.82, 2.24) is 0 Å². The fourth-order valence-electron chi connectivity index (χ4n) is 2.59. The molecule has 11 heteroatoms. The predicted octanol–water partition coefficient (Wildman–Crippen LogP) is 5.12. The summed E-state index contributed by atoms with van der Waals surface area (Å²) in [5.74, 6) is -6.12. The van der Waals surface area contributed by atoms with Crippen LogP contribution >= 0.6 is 7.92 Å². The van der Waals surface area contributed by atoms with Crippen molar-refractivity contribution in [3.8, 4) is 0 Å². The van der Waals surface area contributed by atoms with Crippen LogP contribution in [0.15, 0.2) is 84.9 Å². The molecule has 0 aromatic heterocycles. The molecule has 3 aromatic carbocycles. The van der Waals surface area contributed by atoms with Crippen molar-refractivity contribution in [3.63, 3.8) is 0 Å². The summed E-state index contributed by atoms with van der Waals surface area (Å²) in [7, 11) is -7.03. The molecule has 0 aliphatic rings. The SMILES string of the molecule is Cc1ccc(P(c2ccccc2)c2ccccc2)cc1.O=S(=O)(O)C(F)(F)C(F)(F)C(F)F. The Balaban J connectivity index is 0.000000260. The molecule has 0 heterocycles. The molecule has 0 radical (unpaired) electrons. The zero-order valence-electron chi connectivity index (χ0n) is 17.0. The van der Waals surface area contributed by atoms with Crippen molar-refractivity contribution in [3.05, 3.63) is 90.5 Å². The maximum absolute atomic E-state index is 11.9. The summed E-state index contributed by atoms with van der Waals surface area (Å²) in [6, 6.07) is 30.5. The highest BCUT2D eigenvalue weighted by molar-refractivity contribution is 7.87. The van der Waals surface area contributed by atoms with Gasteiger partial charge in [-0.1, -0.05) is 90.5 Å². The normalized spacial score (nSPS) is 12.4. The number of benzene rings is 3. The van der Waals surface area contributed by atoms with Crippen LogP contribution in [0.4, 0.5) is 26.3 Å². The Kier molecular flexibility index (Phi) is 8.68. The van der Waals surface area contributed by atoms with E-state index < -0.39 is 35.6 Å². The van der Waals surface area contributed by atoms with E-state index in [0.29, 0.717) is 0 Å². The summed E-state index contributed by atoms with van der Waals surface area (Å²) < 4.78 is 96.5. The molecule has 1 N–H and O–H groups in total. The Morgan fingerprint density at radius 2 is 1.09 bits per heavy atom. The monoisotopic (exact) mass is 508 g/mol. The van der Waals surface area contributed by atoms with Crippen LogP contribution in [0, 0.1) is 6.92 Å². The molecular weight excluding hydrogens is 489 g/mol. The molecule has 0 spiro atoms. The van der Waals surface area contributed by atoms with Crippen molar-refractivity contribution in [2.75, 3.05) is 0 Å². The van der Waals surface area contributed by atoms with Gasteiger partial charge in [-0.15, -0.1) is 0 Å². The van der Waals surface area contributed by atoms with Crippen molar-refractivity contribution in [2.24, 2.45) is 0 Å². The highest BCUT2D eigenvalue weighted by Gasteiger charge is 2.70. The van der Waals surface area contributed by atoms with Crippen molar-refractivity contribution >= 4 is 34.0 Å². The first kappa shape index (κ1) is 26.8. The number of alkyl halides is 6. The van der Waals surface area contributed by atoms with Gasteiger partial charge >= 0.3 is 27.7 Å². The zero-order chi connectivity index (χ0) is 24.9. The maximum atomic E-state index is 11.9. The number of hydrogen-bond donors (Lipinski definition) is 1. The Labute approximate surface area is 188 Å². The van der Waals surface area contributed by atoms with Crippen molar-refractivity contribution in [2.45, 2.75) is 24.5 Å². The van der Waals surface area contributed by atoms with E-state index in [1.807, 2.05) is 0 Å². The Morgan fingerprint density at radius 3 is 1.39 bits per heavy atom. The molecule has 178 valence electrons. The third-order valence-corrected chi connectivity index (χ3v) is 7.67. The first-order chi connectivity index (χ1) is 15.3. The second kappa shape index (κ2) is 10.7. The third kappa shape index (κ3) is 6.34.